The van der Waals surface area contributed by atoms with E-state index in [9.17, 15) is 0 Å². The summed E-state index contributed by atoms with van der Waals surface area (Å²) in [6.45, 7) is 4.82. The standard InChI is InChI=1S/C53H36.C38H24O/c1-53(2)47-29-39(31-9-11-32(12-10-31)41-23-17-37-15-13-33-5-3-7-35-19-27-45(41)51(37)49(33)35)21-25-43(47)44-26-22-40(30-48(44)53)42-24-18-38-16-14-34-6-4-8-36-20-28-46(42)52(38)50(34)36;1-3-11-25(12-4-1)27-19-21-35-33(23-27)34-24-28(20-22-36(34)39-35)38-31-17-9-7-15-29(31)37(26-13-5-2-6-14-26)30-16-8-10-18-32(30)38/h3-30,42,46H,1-2H3;1-24H. The van der Waals surface area contributed by atoms with Crippen molar-refractivity contribution < 1.29 is 4.42 Å². The van der Waals surface area contributed by atoms with Gasteiger partial charge in [0.15, 0.2) is 0 Å². The van der Waals surface area contributed by atoms with Crippen LogP contribution in [0.15, 0.2) is 308 Å². The van der Waals surface area contributed by atoms with Crippen LogP contribution in [0.5, 0.6) is 0 Å². The Morgan fingerprint density at radius 3 is 1.47 bits per heavy atom. The highest BCUT2D eigenvalue weighted by molar-refractivity contribution is 6.26. The Balaban J connectivity index is 0.000000138. The number of benzene rings is 16. The van der Waals surface area contributed by atoms with Crippen molar-refractivity contribution in [1.82, 2.24) is 0 Å². The monoisotopic (exact) mass is 1170 g/mol. The average molecular weight is 1170 g/mol. The molecule has 1 heteroatoms. The molecule has 17 aromatic rings. The lowest BCUT2D eigenvalue weighted by Gasteiger charge is -2.33. The maximum Gasteiger partial charge on any atom is 0.135 e. The first-order valence-electron chi connectivity index (χ1n) is 32.4. The lowest BCUT2D eigenvalue weighted by Crippen LogP contribution is -2.18. The van der Waals surface area contributed by atoms with E-state index in [2.05, 4.69) is 329 Å². The van der Waals surface area contributed by atoms with Crippen LogP contribution in [0.2, 0.25) is 0 Å². The van der Waals surface area contributed by atoms with Crippen LogP contribution in [-0.2, 0) is 5.41 Å². The minimum absolute atomic E-state index is 0.100. The number of hydrogen-bond acceptors (Lipinski definition) is 1. The topological polar surface area (TPSA) is 13.1 Å². The molecule has 0 fully saturated rings. The highest BCUT2D eigenvalue weighted by Gasteiger charge is 2.38. The van der Waals surface area contributed by atoms with Crippen LogP contribution in [0.25, 0.3) is 165 Å². The Morgan fingerprint density at radius 1 is 0.283 bits per heavy atom. The number of allylic oxidation sites excluding steroid dienone is 2. The van der Waals surface area contributed by atoms with Gasteiger partial charge < -0.3 is 4.42 Å². The van der Waals surface area contributed by atoms with Gasteiger partial charge in [0.1, 0.15) is 11.2 Å². The summed E-state index contributed by atoms with van der Waals surface area (Å²) in [6, 6.07) is 107. The van der Waals surface area contributed by atoms with Crippen LogP contribution >= 0.6 is 0 Å². The number of hydrogen-bond donors (Lipinski definition) is 0. The fourth-order valence-corrected chi connectivity index (χ4v) is 16.4. The zero-order valence-electron chi connectivity index (χ0n) is 51.1. The van der Waals surface area contributed by atoms with Crippen LogP contribution < -0.4 is 0 Å². The van der Waals surface area contributed by atoms with Gasteiger partial charge in [-0.2, -0.15) is 0 Å². The molecule has 20 rings (SSSR count). The number of fused-ring (bicyclic) bond motifs is 8. The molecule has 92 heavy (non-hydrogen) atoms. The van der Waals surface area contributed by atoms with Crippen molar-refractivity contribution in [3.05, 3.63) is 337 Å². The van der Waals surface area contributed by atoms with Gasteiger partial charge >= 0.3 is 0 Å². The summed E-state index contributed by atoms with van der Waals surface area (Å²) in [5.41, 5.74) is 25.4. The van der Waals surface area contributed by atoms with Gasteiger partial charge in [-0.25, -0.2) is 0 Å². The molecule has 0 radical (unpaired) electrons. The van der Waals surface area contributed by atoms with E-state index in [-0.39, 0.29) is 5.41 Å². The third-order valence-electron chi connectivity index (χ3n) is 20.8. The van der Waals surface area contributed by atoms with Crippen LogP contribution in [0.4, 0.5) is 0 Å². The van der Waals surface area contributed by atoms with Gasteiger partial charge in [0.25, 0.3) is 0 Å². The zero-order chi connectivity index (χ0) is 60.8. The molecule has 430 valence electrons. The molecule has 1 aromatic heterocycles. The predicted octanol–water partition coefficient (Wildman–Crippen LogP) is 25.2. The molecule has 3 aliphatic rings. The largest absolute Gasteiger partial charge is 0.456 e. The zero-order valence-corrected chi connectivity index (χ0v) is 51.1. The first-order valence-corrected chi connectivity index (χ1v) is 32.4. The Bertz CT molecular complexity index is 5880. The highest BCUT2D eigenvalue weighted by atomic mass is 16.3. The quantitative estimate of drug-likeness (QED) is 0.119. The molecular formula is C91H60O. The molecule has 0 bridgehead atoms. The maximum atomic E-state index is 6.29. The van der Waals surface area contributed by atoms with Gasteiger partial charge in [-0.3, -0.25) is 0 Å². The first kappa shape index (κ1) is 52.5. The Morgan fingerprint density at radius 2 is 0.761 bits per heavy atom. The molecule has 0 spiro atoms. The number of rotatable bonds is 6. The summed E-state index contributed by atoms with van der Waals surface area (Å²) in [4.78, 5) is 0. The lowest BCUT2D eigenvalue weighted by molar-refractivity contribution is 0.655. The van der Waals surface area contributed by atoms with Crippen molar-refractivity contribution in [2.24, 2.45) is 0 Å². The molecule has 0 N–H and O–H groups in total. The normalized spacial score (nSPS) is 15.1. The molecule has 1 heterocycles. The summed E-state index contributed by atoms with van der Waals surface area (Å²) in [6.07, 6.45) is 9.60. The number of furan rings is 1. The fraction of sp³-hybridized carbons (Fsp3) is 0.0549. The van der Waals surface area contributed by atoms with Crippen LogP contribution in [-0.4, -0.2) is 0 Å². The van der Waals surface area contributed by atoms with Crippen molar-refractivity contribution in [3.63, 3.8) is 0 Å². The molecule has 2 atom stereocenters. The SMILES string of the molecule is CC1(C)c2cc(-c3ccc(-c4ccc5ccc6cccc7ccc4c5c67)cc3)ccc2-c2ccc(C3C=Cc4ccc5cccc6c5c4C3C=C6)cc21.c1ccc(-c2ccc3oc4ccc(-c5c6ccccc6c(-c6ccccc6)c6ccccc56)cc4c3c2)cc1. The van der Waals surface area contributed by atoms with Crippen molar-refractivity contribution >= 4 is 98.7 Å². The molecule has 2 unspecified atom stereocenters. The van der Waals surface area contributed by atoms with E-state index in [1.54, 1.807) is 0 Å². The molecule has 0 aliphatic heterocycles. The Kier molecular flexibility index (Phi) is 11.6. The van der Waals surface area contributed by atoms with E-state index in [0.717, 1.165) is 21.9 Å². The van der Waals surface area contributed by atoms with Gasteiger partial charge in [0, 0.05) is 28.0 Å². The van der Waals surface area contributed by atoms with Gasteiger partial charge in [-0.05, 0) is 195 Å². The van der Waals surface area contributed by atoms with E-state index in [1.165, 1.54) is 165 Å². The average Bonchev–Trinajstić information content (AvgIpc) is 2.01. The van der Waals surface area contributed by atoms with E-state index >= 15 is 0 Å². The molecule has 1 nitrogen and oxygen atoms in total. The summed E-state index contributed by atoms with van der Waals surface area (Å²) in [5.74, 6) is 0.652. The van der Waals surface area contributed by atoms with E-state index in [4.69, 9.17) is 4.42 Å². The highest BCUT2D eigenvalue weighted by Crippen LogP contribution is 2.54. The third-order valence-corrected chi connectivity index (χ3v) is 20.8. The maximum absolute atomic E-state index is 6.29. The molecular weight excluding hydrogens is 1110 g/mol. The van der Waals surface area contributed by atoms with Crippen molar-refractivity contribution in [3.8, 4) is 66.8 Å². The summed E-state index contributed by atoms with van der Waals surface area (Å²) in [5, 5.41) is 18.1. The smallest absolute Gasteiger partial charge is 0.135 e. The van der Waals surface area contributed by atoms with Crippen molar-refractivity contribution in [1.29, 1.82) is 0 Å². The summed E-state index contributed by atoms with van der Waals surface area (Å²) in [7, 11) is 0. The fourth-order valence-electron chi connectivity index (χ4n) is 16.4. The van der Waals surface area contributed by atoms with E-state index in [1.807, 2.05) is 0 Å². The van der Waals surface area contributed by atoms with Gasteiger partial charge in [-0.15, -0.1) is 0 Å². The molecule has 0 amide bonds. The summed E-state index contributed by atoms with van der Waals surface area (Å²) >= 11 is 0. The van der Waals surface area contributed by atoms with E-state index < -0.39 is 0 Å². The van der Waals surface area contributed by atoms with Crippen LogP contribution in [0.1, 0.15) is 59.1 Å². The lowest BCUT2D eigenvalue weighted by atomic mass is 9.71. The summed E-state index contributed by atoms with van der Waals surface area (Å²) < 4.78 is 6.29. The van der Waals surface area contributed by atoms with Gasteiger partial charge in [0.2, 0.25) is 0 Å². The molecule has 16 aromatic carbocycles. The van der Waals surface area contributed by atoms with Crippen molar-refractivity contribution in [2.45, 2.75) is 31.1 Å². The van der Waals surface area contributed by atoms with Crippen LogP contribution in [0, 0.1) is 0 Å². The second kappa shape index (κ2) is 20.3. The minimum atomic E-state index is -0.100. The van der Waals surface area contributed by atoms with Gasteiger partial charge in [-0.1, -0.05) is 299 Å². The van der Waals surface area contributed by atoms with Crippen LogP contribution in [0.3, 0.4) is 0 Å². The molecule has 3 aliphatic carbocycles. The van der Waals surface area contributed by atoms with E-state index in [0.29, 0.717) is 11.8 Å². The minimum Gasteiger partial charge on any atom is -0.456 e. The van der Waals surface area contributed by atoms with Crippen molar-refractivity contribution in [2.75, 3.05) is 0 Å². The third kappa shape index (κ3) is 8.05. The molecule has 0 saturated heterocycles. The van der Waals surface area contributed by atoms with Gasteiger partial charge in [0.05, 0.1) is 0 Å². The second-order valence-electron chi connectivity index (χ2n) is 26.1. The predicted molar refractivity (Wildman–Crippen MR) is 391 cm³/mol. The second-order valence-corrected chi connectivity index (χ2v) is 26.1. The Hall–Kier alpha value is -11.4. The molecule has 0 saturated carbocycles. The Labute approximate surface area is 534 Å². The first-order chi connectivity index (χ1) is 45.4.